The average Bonchev–Trinajstić information content (AvgIpc) is 2.49. The highest BCUT2D eigenvalue weighted by Gasteiger charge is 2.51. The Kier molecular flexibility index (Phi) is 3.67. The summed E-state index contributed by atoms with van der Waals surface area (Å²) in [6, 6.07) is 9.13. The Labute approximate surface area is 105 Å². The van der Waals surface area contributed by atoms with Crippen LogP contribution in [-0.4, -0.2) is 16.6 Å². The van der Waals surface area contributed by atoms with Crippen molar-refractivity contribution >= 4 is 0 Å². The number of hydrogen-bond donors (Lipinski definition) is 1. The molecule has 1 saturated heterocycles. The van der Waals surface area contributed by atoms with Gasteiger partial charge in [0, 0.05) is 5.56 Å². The fourth-order valence-corrected chi connectivity index (χ4v) is 1.34. The van der Waals surface area contributed by atoms with Gasteiger partial charge >= 0.3 is 0 Å². The van der Waals surface area contributed by atoms with Crippen molar-refractivity contribution in [3.63, 3.8) is 0 Å². The molecule has 1 aromatic carbocycles. The normalized spacial score (nSPS) is 31.9. The molecule has 6 nitrogen and oxygen atoms in total. The molecular formula is C12H16O6. The smallest absolute Gasteiger partial charge is 0.249 e. The minimum absolute atomic E-state index is 0.718. The molecule has 2 atom stereocenters. The predicted octanol–water partition coefficient (Wildman–Crippen LogP) is 2.58. The van der Waals surface area contributed by atoms with Gasteiger partial charge in [0.1, 0.15) is 0 Å². The summed E-state index contributed by atoms with van der Waals surface area (Å²) in [5.74, 6) is -1.50. The van der Waals surface area contributed by atoms with Gasteiger partial charge in [0.15, 0.2) is 5.60 Å². The highest BCUT2D eigenvalue weighted by Crippen LogP contribution is 2.37. The molecule has 0 aromatic heterocycles. The summed E-state index contributed by atoms with van der Waals surface area (Å²) < 4.78 is 0. The van der Waals surface area contributed by atoms with Crippen LogP contribution in [0.5, 0.6) is 0 Å². The quantitative estimate of drug-likeness (QED) is 0.648. The fraction of sp³-hybridized carbons (Fsp3) is 0.500. The van der Waals surface area contributed by atoms with Crippen LogP contribution in [0.3, 0.4) is 0 Å². The maximum atomic E-state index is 8.93. The van der Waals surface area contributed by atoms with Crippen molar-refractivity contribution < 1.29 is 29.7 Å². The molecule has 0 saturated carbocycles. The molecule has 0 bridgehead atoms. The van der Waals surface area contributed by atoms with Crippen molar-refractivity contribution in [2.75, 3.05) is 0 Å². The zero-order valence-corrected chi connectivity index (χ0v) is 10.5. The Balaban J connectivity index is 2.18. The first kappa shape index (κ1) is 13.4. The molecule has 1 aliphatic heterocycles. The summed E-state index contributed by atoms with van der Waals surface area (Å²) in [4.78, 5) is 24.9. The molecule has 0 amide bonds. The zero-order chi connectivity index (χ0) is 13.2. The lowest BCUT2D eigenvalue weighted by atomic mass is 10.00. The van der Waals surface area contributed by atoms with Gasteiger partial charge in [-0.3, -0.25) is 0 Å². The van der Waals surface area contributed by atoms with E-state index in [4.69, 9.17) is 24.8 Å². The Morgan fingerprint density at radius 2 is 1.67 bits per heavy atom. The first-order valence-electron chi connectivity index (χ1n) is 5.55. The molecule has 1 N–H and O–H groups in total. The van der Waals surface area contributed by atoms with E-state index in [1.165, 1.54) is 6.92 Å². The van der Waals surface area contributed by atoms with Crippen LogP contribution in [0.4, 0.5) is 0 Å². The zero-order valence-electron chi connectivity index (χ0n) is 10.5. The minimum Gasteiger partial charge on any atom is -0.249 e. The molecule has 0 spiro atoms. The minimum atomic E-state index is -1.50. The lowest BCUT2D eigenvalue weighted by Crippen LogP contribution is -2.51. The Morgan fingerprint density at radius 3 is 2.28 bits per heavy atom. The van der Waals surface area contributed by atoms with E-state index in [9.17, 15) is 0 Å². The summed E-state index contributed by atoms with van der Waals surface area (Å²) >= 11 is 0. The van der Waals surface area contributed by atoms with Gasteiger partial charge in [-0.25, -0.2) is 10.1 Å². The van der Waals surface area contributed by atoms with Crippen LogP contribution in [-0.2, 0) is 24.4 Å². The van der Waals surface area contributed by atoms with Gasteiger partial charge in [-0.2, -0.15) is 19.6 Å². The van der Waals surface area contributed by atoms with Gasteiger partial charge in [0.05, 0.1) is 0 Å². The van der Waals surface area contributed by atoms with Gasteiger partial charge in [0.2, 0.25) is 6.29 Å². The molecule has 0 aliphatic carbocycles. The van der Waals surface area contributed by atoms with Crippen LogP contribution >= 0.6 is 0 Å². The highest BCUT2D eigenvalue weighted by molar-refractivity contribution is 5.15. The van der Waals surface area contributed by atoms with E-state index in [-0.39, 0.29) is 0 Å². The summed E-state index contributed by atoms with van der Waals surface area (Å²) in [6.07, 6.45) is -0.859. The Morgan fingerprint density at radius 1 is 1.06 bits per heavy atom. The van der Waals surface area contributed by atoms with E-state index in [2.05, 4.69) is 4.89 Å². The van der Waals surface area contributed by atoms with Crippen LogP contribution in [0.1, 0.15) is 32.6 Å². The summed E-state index contributed by atoms with van der Waals surface area (Å²) in [6.45, 7) is 4.75. The molecule has 0 unspecified atom stereocenters. The number of benzene rings is 1. The average molecular weight is 256 g/mol. The maximum absolute atomic E-state index is 8.93. The van der Waals surface area contributed by atoms with Crippen molar-refractivity contribution in [1.29, 1.82) is 0 Å². The second kappa shape index (κ2) is 4.93. The molecule has 1 aliphatic rings. The third kappa shape index (κ3) is 2.39. The maximum Gasteiger partial charge on any atom is 0.262 e. The second-order valence-electron chi connectivity index (χ2n) is 4.65. The van der Waals surface area contributed by atoms with Crippen LogP contribution in [0.2, 0.25) is 0 Å². The van der Waals surface area contributed by atoms with Crippen molar-refractivity contribution in [2.45, 2.75) is 38.4 Å². The van der Waals surface area contributed by atoms with Gasteiger partial charge in [-0.05, 0) is 20.8 Å². The predicted molar refractivity (Wildman–Crippen MR) is 59.7 cm³/mol. The Hall–Kier alpha value is -1.02. The molecule has 1 heterocycles. The van der Waals surface area contributed by atoms with Crippen molar-refractivity contribution in [1.82, 2.24) is 0 Å². The van der Waals surface area contributed by atoms with Gasteiger partial charge < -0.3 is 0 Å². The molecule has 1 fully saturated rings. The lowest BCUT2D eigenvalue weighted by Gasteiger charge is -2.34. The summed E-state index contributed by atoms with van der Waals surface area (Å²) in [5.41, 5.74) is -0.346. The van der Waals surface area contributed by atoms with E-state index in [1.54, 1.807) is 26.0 Å². The van der Waals surface area contributed by atoms with Crippen molar-refractivity contribution in [3.8, 4) is 0 Å². The van der Waals surface area contributed by atoms with Crippen LogP contribution in [0.25, 0.3) is 0 Å². The second-order valence-corrected chi connectivity index (χ2v) is 4.65. The first-order valence-corrected chi connectivity index (χ1v) is 5.55. The fourth-order valence-electron chi connectivity index (χ4n) is 1.34. The molecule has 18 heavy (non-hydrogen) atoms. The number of rotatable bonds is 2. The van der Waals surface area contributed by atoms with Crippen LogP contribution in [0, 0.1) is 0 Å². The first-order chi connectivity index (χ1) is 8.48. The summed E-state index contributed by atoms with van der Waals surface area (Å²) in [7, 11) is 0. The standard InChI is InChI=1S/C12H16O6/c1-11(2)12(3,16-13)18-15-10(14-17-11)9-7-5-4-6-8-9/h4-8,10,13H,1-3H3/t10-,12-/m0/s1. The monoisotopic (exact) mass is 256 g/mol. The highest BCUT2D eigenvalue weighted by atomic mass is 17.4. The van der Waals surface area contributed by atoms with Crippen LogP contribution < -0.4 is 0 Å². The molecular weight excluding hydrogens is 240 g/mol. The van der Waals surface area contributed by atoms with Gasteiger partial charge in [-0.15, -0.1) is 0 Å². The Bertz CT molecular complexity index is 393. The third-order valence-corrected chi connectivity index (χ3v) is 2.98. The van der Waals surface area contributed by atoms with E-state index in [0.29, 0.717) is 0 Å². The molecule has 1 aromatic rings. The number of hydrogen-bond acceptors (Lipinski definition) is 6. The van der Waals surface area contributed by atoms with Crippen LogP contribution in [0.15, 0.2) is 30.3 Å². The lowest BCUT2D eigenvalue weighted by molar-refractivity contribution is -0.518. The van der Waals surface area contributed by atoms with Crippen molar-refractivity contribution in [2.24, 2.45) is 0 Å². The summed E-state index contributed by atoms with van der Waals surface area (Å²) in [5, 5.41) is 8.93. The van der Waals surface area contributed by atoms with Gasteiger partial charge in [0.25, 0.3) is 5.79 Å². The molecule has 100 valence electrons. The van der Waals surface area contributed by atoms with E-state index >= 15 is 0 Å². The van der Waals surface area contributed by atoms with E-state index < -0.39 is 17.7 Å². The topological polar surface area (TPSA) is 66.4 Å². The van der Waals surface area contributed by atoms with E-state index in [0.717, 1.165) is 5.56 Å². The third-order valence-electron chi connectivity index (χ3n) is 2.98. The molecule has 6 heteroatoms. The largest absolute Gasteiger partial charge is 0.262 e. The van der Waals surface area contributed by atoms with Gasteiger partial charge in [-0.1, -0.05) is 30.3 Å². The van der Waals surface area contributed by atoms with E-state index in [1.807, 2.05) is 18.2 Å². The van der Waals surface area contributed by atoms with Crippen molar-refractivity contribution in [3.05, 3.63) is 35.9 Å². The molecule has 2 rings (SSSR count). The SMILES string of the molecule is CC1(C)OO[C@H](c2ccccc2)OO[C@]1(C)OO. The molecule has 0 radical (unpaired) electrons.